The zero-order chi connectivity index (χ0) is 49.8. The van der Waals surface area contributed by atoms with Gasteiger partial charge in [-0.2, -0.15) is 0 Å². The number of esters is 1. The Hall–Kier alpha value is -2.86. The summed E-state index contributed by atoms with van der Waals surface area (Å²) in [6.07, 6.45) is -9.26. The molecule has 0 aromatic heterocycles. The fourth-order valence-corrected chi connectivity index (χ4v) is 15.2. The van der Waals surface area contributed by atoms with E-state index < -0.39 is 128 Å². The SMILES string of the molecule is CO[C@]1(C(=O)O)O[C@@H]2[C@H](O[C@@H]1OCC(=O)O)[C@H](O)[C@@H](O[C@H]1CC[C@@]3(C)[C@H](CC[C@]4(C)[C@@H]3CC=C3[C@H]5CC(C)(C)C[C@H](C(=O)O[C@@H]6O[C@@H](CO)[C@@H](O)[C@@H](O)[C@@H]6O)[C@H]5CC[C@@]34C)C1(C)C)O[C@H]2C(=O)O. The smallest absolute Gasteiger partial charge is 0.370 e. The van der Waals surface area contributed by atoms with Crippen molar-refractivity contribution in [2.24, 2.45) is 56.7 Å². The van der Waals surface area contributed by atoms with E-state index in [0.29, 0.717) is 12.8 Å². The van der Waals surface area contributed by atoms with E-state index in [1.54, 1.807) is 0 Å². The Labute approximate surface area is 395 Å². The number of ether oxygens (including phenoxy) is 8. The first-order valence-electron chi connectivity index (χ1n) is 24.1. The van der Waals surface area contributed by atoms with Crippen LogP contribution in [-0.4, -0.2) is 165 Å². The predicted octanol–water partition coefficient (Wildman–Crippen LogP) is 2.18. The first kappa shape index (κ1) is 51.5. The highest BCUT2D eigenvalue weighted by Gasteiger charge is 2.69. The summed E-state index contributed by atoms with van der Waals surface area (Å²) in [5, 5.41) is 82.6. The van der Waals surface area contributed by atoms with Crippen molar-refractivity contribution >= 4 is 23.9 Å². The van der Waals surface area contributed by atoms with E-state index >= 15 is 0 Å². The molecule has 0 amide bonds. The van der Waals surface area contributed by atoms with E-state index in [-0.39, 0.29) is 45.3 Å². The third kappa shape index (κ3) is 8.04. The van der Waals surface area contributed by atoms with Crippen molar-refractivity contribution in [1.29, 1.82) is 0 Å². The zero-order valence-corrected chi connectivity index (χ0v) is 40.1. The number of methoxy groups -OCH3 is 1. The maximum atomic E-state index is 14.2. The molecule has 0 unspecified atom stereocenters. The van der Waals surface area contributed by atoms with E-state index in [1.165, 1.54) is 5.57 Å². The van der Waals surface area contributed by atoms with Gasteiger partial charge in [0.2, 0.25) is 12.6 Å². The number of carbonyl (C=O) groups excluding carboxylic acids is 1. The molecule has 384 valence electrons. The van der Waals surface area contributed by atoms with Crippen molar-refractivity contribution in [1.82, 2.24) is 0 Å². The van der Waals surface area contributed by atoms with Gasteiger partial charge in [-0.15, -0.1) is 0 Å². The fourth-order valence-electron chi connectivity index (χ4n) is 15.2. The predicted molar refractivity (Wildman–Crippen MR) is 231 cm³/mol. The lowest BCUT2D eigenvalue weighted by Gasteiger charge is -2.71. The second-order valence-electron chi connectivity index (χ2n) is 23.1. The molecule has 0 spiro atoms. The van der Waals surface area contributed by atoms with Gasteiger partial charge < -0.3 is 78.7 Å². The van der Waals surface area contributed by atoms with E-state index in [4.69, 9.17) is 37.9 Å². The molecule has 4 saturated carbocycles. The van der Waals surface area contributed by atoms with Crippen LogP contribution in [0.4, 0.5) is 0 Å². The molecule has 0 aromatic carbocycles. The Morgan fingerprint density at radius 2 is 1.49 bits per heavy atom. The number of carboxylic acids is 3. The molecule has 20 nitrogen and oxygen atoms in total. The van der Waals surface area contributed by atoms with Gasteiger partial charge in [-0.3, -0.25) is 4.79 Å². The summed E-state index contributed by atoms with van der Waals surface area (Å²) in [6.45, 7) is 14.2. The minimum absolute atomic E-state index is 0.0277. The monoisotopic (exact) mass is 968 g/mol. The van der Waals surface area contributed by atoms with E-state index in [9.17, 15) is 60.0 Å². The summed E-state index contributed by atoms with van der Waals surface area (Å²) >= 11 is 0. The number of hydrogen-bond acceptors (Lipinski definition) is 17. The molecule has 0 bridgehead atoms. The molecule has 0 radical (unpaired) electrons. The highest BCUT2D eigenvalue weighted by atomic mass is 16.8. The van der Waals surface area contributed by atoms with Crippen molar-refractivity contribution < 1.29 is 97.9 Å². The Bertz CT molecular complexity index is 1990. The van der Waals surface area contributed by atoms with Gasteiger partial charge in [-0.1, -0.05) is 60.1 Å². The maximum Gasteiger partial charge on any atom is 0.370 e. The summed E-state index contributed by atoms with van der Waals surface area (Å²) in [7, 11) is 0.948. The second kappa shape index (κ2) is 18.0. The van der Waals surface area contributed by atoms with Crippen LogP contribution in [0, 0.1) is 56.7 Å². The van der Waals surface area contributed by atoms with Crippen LogP contribution in [0.1, 0.15) is 106 Å². The molecule has 20 heteroatoms. The lowest BCUT2D eigenvalue weighted by Crippen LogP contribution is -2.73. The molecule has 3 saturated heterocycles. The molecule has 8 rings (SSSR count). The van der Waals surface area contributed by atoms with Gasteiger partial charge in [-0.25, -0.2) is 14.4 Å². The first-order valence-corrected chi connectivity index (χ1v) is 24.1. The molecule has 3 heterocycles. The largest absolute Gasteiger partial charge is 0.480 e. The Kier molecular flexibility index (Phi) is 13.6. The topological polar surface area (TPSA) is 304 Å². The molecular formula is C48H72O20. The van der Waals surface area contributed by atoms with Gasteiger partial charge in [-0.05, 0) is 109 Å². The van der Waals surface area contributed by atoms with Crippen molar-refractivity contribution in [3.8, 4) is 0 Å². The van der Waals surface area contributed by atoms with Crippen molar-refractivity contribution in [2.45, 2.75) is 186 Å². The van der Waals surface area contributed by atoms with Gasteiger partial charge in [0.1, 0.15) is 49.3 Å². The average Bonchev–Trinajstić information content (AvgIpc) is 3.26. The van der Waals surface area contributed by atoms with Crippen molar-refractivity contribution in [3.63, 3.8) is 0 Å². The number of carbonyl (C=O) groups is 4. The van der Waals surface area contributed by atoms with Crippen molar-refractivity contribution in [3.05, 3.63) is 11.6 Å². The summed E-state index contributed by atoms with van der Waals surface area (Å²) in [5.74, 6) is -8.15. The third-order valence-corrected chi connectivity index (χ3v) is 18.7. The number of hydrogen-bond donors (Lipinski definition) is 8. The number of aliphatic carboxylic acids is 3. The first-order chi connectivity index (χ1) is 31.7. The van der Waals surface area contributed by atoms with Crippen LogP contribution in [-0.2, 0) is 57.1 Å². The summed E-state index contributed by atoms with van der Waals surface area (Å²) in [4.78, 5) is 50.7. The lowest BCUT2D eigenvalue weighted by atomic mass is 9.34. The van der Waals surface area contributed by atoms with E-state index in [1.807, 2.05) is 0 Å². The molecule has 3 aliphatic heterocycles. The van der Waals surface area contributed by atoms with Gasteiger partial charge in [0.25, 0.3) is 0 Å². The van der Waals surface area contributed by atoms with Gasteiger partial charge in [0.05, 0.1) is 18.6 Å². The molecule has 0 aromatic rings. The third-order valence-electron chi connectivity index (χ3n) is 18.7. The van der Waals surface area contributed by atoms with Crippen molar-refractivity contribution in [2.75, 3.05) is 20.3 Å². The van der Waals surface area contributed by atoms with Gasteiger partial charge in [0, 0.05) is 7.11 Å². The van der Waals surface area contributed by atoms with E-state index in [2.05, 4.69) is 54.5 Å². The highest BCUT2D eigenvalue weighted by Crippen LogP contribution is 2.75. The average molecular weight is 969 g/mol. The molecule has 5 aliphatic carbocycles. The number of aliphatic hydroxyl groups is 5. The minimum atomic E-state index is -2.79. The maximum absolute atomic E-state index is 14.2. The van der Waals surface area contributed by atoms with Crippen LogP contribution in [0.5, 0.6) is 0 Å². The number of carboxylic acid groups (broad SMARTS) is 3. The van der Waals surface area contributed by atoms with E-state index in [0.717, 1.165) is 52.1 Å². The van der Waals surface area contributed by atoms with Gasteiger partial charge >= 0.3 is 29.7 Å². The Morgan fingerprint density at radius 3 is 2.12 bits per heavy atom. The molecular weight excluding hydrogens is 897 g/mol. The number of rotatable bonds is 11. The zero-order valence-electron chi connectivity index (χ0n) is 40.1. The Balaban J connectivity index is 1.01. The summed E-state index contributed by atoms with van der Waals surface area (Å²) < 4.78 is 45.8. The number of fused-ring (bicyclic) bond motifs is 8. The second-order valence-corrected chi connectivity index (χ2v) is 23.1. The summed E-state index contributed by atoms with van der Waals surface area (Å²) in [5.41, 5.74) is 0.139. The lowest BCUT2D eigenvalue weighted by molar-refractivity contribution is -0.438. The fraction of sp³-hybridized carbons (Fsp3) is 0.875. The molecule has 21 atom stereocenters. The number of allylic oxidation sites excluding steroid dienone is 2. The normalized spacial score (nSPS) is 49.3. The van der Waals surface area contributed by atoms with Crippen LogP contribution in [0.15, 0.2) is 11.6 Å². The molecule has 68 heavy (non-hydrogen) atoms. The van der Waals surface area contributed by atoms with Crippen LogP contribution in [0.3, 0.4) is 0 Å². The number of aliphatic hydroxyl groups excluding tert-OH is 5. The molecule has 8 N–H and O–H groups in total. The molecule has 8 aliphatic rings. The van der Waals surface area contributed by atoms with Crippen LogP contribution in [0.25, 0.3) is 0 Å². The van der Waals surface area contributed by atoms with Gasteiger partial charge in [0.15, 0.2) is 12.4 Å². The molecule has 7 fully saturated rings. The standard InChI is InChI=1S/C48H72O20/c1-43(2)17-22-21(23(18-43)38(58)67-39-32(54)31(53)30(52)25(19-49)63-39)11-15-46(6)24(22)9-10-27-45(5)14-13-28(44(3,4)26(45)12-16-47(27,46)7)64-40-33(55)34-35(36(65-40)37(56)57)68-48(61-8,41(59)60)42(66-34)62-20-29(50)51/h9,21-23,25-28,30-36,39-40,42,49,52-55H,10-20H2,1-8H3,(H,50,51)(H,56,57)(H,59,60)/t21-,22-,23-,25-,26+,27+,28-,30+,31+,32-,33-,34+,35+,36+,39-,40-,42-,45-,46-,47+,48+/m0/s1. The minimum Gasteiger partial charge on any atom is -0.480 e. The highest BCUT2D eigenvalue weighted by molar-refractivity contribution is 5.77. The van der Waals surface area contributed by atoms with Crippen LogP contribution >= 0.6 is 0 Å². The summed E-state index contributed by atoms with van der Waals surface area (Å²) in [6, 6.07) is 0. The Morgan fingerprint density at radius 1 is 0.779 bits per heavy atom. The quantitative estimate of drug-likeness (QED) is 0.0836. The van der Waals surface area contributed by atoms with Crippen LogP contribution in [0.2, 0.25) is 0 Å². The van der Waals surface area contributed by atoms with Crippen LogP contribution < -0.4 is 0 Å².